The van der Waals surface area contributed by atoms with E-state index in [1.165, 1.54) is 0 Å². The number of rotatable bonds is 5. The van der Waals surface area contributed by atoms with Gasteiger partial charge >= 0.3 is 0 Å². The predicted octanol–water partition coefficient (Wildman–Crippen LogP) is 1.84. The van der Waals surface area contributed by atoms with E-state index in [9.17, 15) is 4.79 Å². The summed E-state index contributed by atoms with van der Waals surface area (Å²) in [5, 5.41) is 0. The van der Waals surface area contributed by atoms with Crippen LogP contribution in [0.1, 0.15) is 15.9 Å². The Bertz CT molecular complexity index is 1100. The molecule has 3 nitrogen and oxygen atoms in total. The lowest BCUT2D eigenvalue weighted by Gasteiger charge is -2.05. The van der Waals surface area contributed by atoms with Crippen LogP contribution in [0.15, 0.2) is 91.3 Å². The number of aromatic nitrogens is 2. The van der Waals surface area contributed by atoms with Crippen molar-refractivity contribution in [2.75, 3.05) is 0 Å². The number of imidazole rings is 1. The molecule has 4 aromatic rings. The third kappa shape index (κ3) is 4.38. The van der Waals surface area contributed by atoms with Crippen LogP contribution >= 0.6 is 0 Å². The number of nitrogens with zero attached hydrogens (tertiary/aromatic N) is 2. The fourth-order valence-corrected chi connectivity index (χ4v) is 3.57. The van der Waals surface area contributed by atoms with Crippen molar-refractivity contribution in [1.82, 2.24) is 4.57 Å². The largest absolute Gasteiger partial charge is 1.00 e. The van der Waals surface area contributed by atoms with E-state index in [-0.39, 0.29) is 22.8 Å². The van der Waals surface area contributed by atoms with Gasteiger partial charge in [-0.2, -0.15) is 0 Å². The van der Waals surface area contributed by atoms with Crippen molar-refractivity contribution in [1.29, 1.82) is 0 Å². The van der Waals surface area contributed by atoms with Gasteiger partial charge in [0.1, 0.15) is 0 Å². The first-order valence-corrected chi connectivity index (χ1v) is 9.43. The smallest absolute Gasteiger partial charge is 0.244 e. The Labute approximate surface area is 182 Å². The van der Waals surface area contributed by atoms with Crippen LogP contribution in [0, 0.1) is 6.92 Å². The molecular formula is C25H23BrN2O. The summed E-state index contributed by atoms with van der Waals surface area (Å²) in [7, 11) is 2.03. The molecule has 0 aliphatic carbocycles. The highest BCUT2D eigenvalue weighted by Gasteiger charge is 2.25. The van der Waals surface area contributed by atoms with Crippen LogP contribution in [0.3, 0.4) is 0 Å². The van der Waals surface area contributed by atoms with Gasteiger partial charge in [-0.15, -0.1) is 0 Å². The van der Waals surface area contributed by atoms with Crippen LogP contribution < -0.4 is 21.5 Å². The van der Waals surface area contributed by atoms with E-state index in [1.54, 1.807) is 0 Å². The van der Waals surface area contributed by atoms with E-state index in [4.69, 9.17) is 0 Å². The number of halogens is 1. The van der Waals surface area contributed by atoms with Crippen LogP contribution in [0.4, 0.5) is 0 Å². The Hall–Kier alpha value is -2.98. The molecule has 0 saturated carbocycles. The minimum atomic E-state index is 0. The monoisotopic (exact) mass is 446 g/mol. The number of hydrogen-bond acceptors (Lipinski definition) is 1. The number of aryl methyl sites for hydroxylation is 2. The van der Waals surface area contributed by atoms with Crippen molar-refractivity contribution in [3.8, 4) is 22.5 Å². The van der Waals surface area contributed by atoms with Crippen LogP contribution in [-0.4, -0.2) is 10.4 Å². The van der Waals surface area contributed by atoms with Crippen molar-refractivity contribution in [2.24, 2.45) is 7.05 Å². The lowest BCUT2D eigenvalue weighted by atomic mass is 10.0. The molecule has 0 atom stereocenters. The summed E-state index contributed by atoms with van der Waals surface area (Å²) >= 11 is 0. The van der Waals surface area contributed by atoms with Gasteiger partial charge in [-0.25, -0.2) is 9.13 Å². The molecule has 0 radical (unpaired) electrons. The first kappa shape index (κ1) is 20.7. The molecule has 0 bridgehead atoms. The normalized spacial score (nSPS) is 10.4. The second kappa shape index (κ2) is 9.01. The highest BCUT2D eigenvalue weighted by molar-refractivity contribution is 5.96. The van der Waals surface area contributed by atoms with E-state index in [0.717, 1.165) is 33.6 Å². The molecule has 29 heavy (non-hydrogen) atoms. The van der Waals surface area contributed by atoms with E-state index in [0.29, 0.717) is 6.54 Å². The number of ketones is 1. The zero-order valence-corrected chi connectivity index (χ0v) is 18.1. The van der Waals surface area contributed by atoms with Gasteiger partial charge in [-0.3, -0.25) is 4.79 Å². The molecule has 0 saturated heterocycles. The summed E-state index contributed by atoms with van der Waals surface area (Å²) in [4.78, 5) is 12.9. The molecule has 0 unspecified atom stereocenters. The molecule has 146 valence electrons. The van der Waals surface area contributed by atoms with Crippen LogP contribution in [0.5, 0.6) is 0 Å². The SMILES string of the molecule is Cc1ccc(C(=O)Cn2c[n+](C)c(-c3ccccc3)c2-c2ccccc2)cc1.[Br-]. The molecule has 4 heteroatoms. The lowest BCUT2D eigenvalue weighted by Crippen LogP contribution is -3.00. The second-order valence-electron chi connectivity index (χ2n) is 7.07. The summed E-state index contributed by atoms with van der Waals surface area (Å²) in [5.41, 5.74) is 6.27. The number of hydrogen-bond donors (Lipinski definition) is 0. The molecule has 3 aromatic carbocycles. The van der Waals surface area contributed by atoms with Gasteiger partial charge in [0.2, 0.25) is 12.1 Å². The van der Waals surface area contributed by atoms with Gasteiger partial charge in [0.05, 0.1) is 7.05 Å². The van der Waals surface area contributed by atoms with Gasteiger partial charge in [0.15, 0.2) is 17.9 Å². The maximum atomic E-state index is 12.9. The fraction of sp³-hybridized carbons (Fsp3) is 0.120. The first-order valence-electron chi connectivity index (χ1n) is 9.43. The summed E-state index contributed by atoms with van der Waals surface area (Å²) in [6.45, 7) is 2.33. The zero-order chi connectivity index (χ0) is 19.5. The summed E-state index contributed by atoms with van der Waals surface area (Å²) in [6.07, 6.45) is 2.01. The van der Waals surface area contributed by atoms with Crippen LogP contribution in [-0.2, 0) is 13.6 Å². The minimum Gasteiger partial charge on any atom is -1.00 e. The number of carbonyl (C=O) groups excluding carboxylic acids is 1. The number of Topliss-reactive ketones (excluding diaryl/α,β-unsaturated/α-hetero) is 1. The van der Waals surface area contributed by atoms with E-state index in [2.05, 4.69) is 33.4 Å². The maximum absolute atomic E-state index is 12.9. The van der Waals surface area contributed by atoms with Crippen molar-refractivity contribution in [3.63, 3.8) is 0 Å². The third-order valence-corrected chi connectivity index (χ3v) is 4.96. The molecular weight excluding hydrogens is 424 g/mol. The molecule has 0 N–H and O–H groups in total. The Morgan fingerprint density at radius 2 is 1.38 bits per heavy atom. The average molecular weight is 447 g/mol. The van der Waals surface area contributed by atoms with E-state index < -0.39 is 0 Å². The second-order valence-corrected chi connectivity index (χ2v) is 7.07. The van der Waals surface area contributed by atoms with Crippen molar-refractivity contribution >= 4 is 5.78 Å². The summed E-state index contributed by atoms with van der Waals surface area (Å²) in [6, 6.07) is 28.3. The Balaban J connectivity index is 0.00000240. The van der Waals surface area contributed by atoms with E-state index >= 15 is 0 Å². The molecule has 4 rings (SSSR count). The predicted molar refractivity (Wildman–Crippen MR) is 112 cm³/mol. The molecule has 0 aliphatic heterocycles. The molecule has 0 aliphatic rings. The van der Waals surface area contributed by atoms with Gasteiger partial charge in [0, 0.05) is 16.7 Å². The van der Waals surface area contributed by atoms with Crippen molar-refractivity contribution < 1.29 is 26.3 Å². The topological polar surface area (TPSA) is 25.9 Å². The fourth-order valence-electron chi connectivity index (χ4n) is 3.57. The number of benzene rings is 3. The third-order valence-electron chi connectivity index (χ3n) is 4.96. The Kier molecular flexibility index (Phi) is 6.45. The van der Waals surface area contributed by atoms with Crippen LogP contribution in [0.25, 0.3) is 22.5 Å². The lowest BCUT2D eigenvalue weighted by molar-refractivity contribution is -0.660. The zero-order valence-electron chi connectivity index (χ0n) is 16.5. The molecule has 0 spiro atoms. The van der Waals surface area contributed by atoms with Crippen LogP contribution in [0.2, 0.25) is 0 Å². The van der Waals surface area contributed by atoms with Gasteiger partial charge < -0.3 is 17.0 Å². The number of carbonyl (C=O) groups is 1. The minimum absolute atomic E-state index is 0. The van der Waals surface area contributed by atoms with Crippen molar-refractivity contribution in [3.05, 3.63) is 102 Å². The van der Waals surface area contributed by atoms with Gasteiger partial charge in [-0.05, 0) is 6.92 Å². The average Bonchev–Trinajstić information content (AvgIpc) is 3.05. The molecule has 1 heterocycles. The van der Waals surface area contributed by atoms with Gasteiger partial charge in [0.25, 0.3) is 0 Å². The standard InChI is InChI=1S/C25H23N2O.BrH/c1-19-13-15-20(16-14-19)23(28)17-27-18-26(2)24(21-9-5-3-6-10-21)25(27)22-11-7-4-8-12-22;/h3-16,18H,17H2,1-2H3;1H/q+1;/p-1. The highest BCUT2D eigenvalue weighted by atomic mass is 79.9. The molecule has 0 amide bonds. The maximum Gasteiger partial charge on any atom is 0.244 e. The Morgan fingerprint density at radius 3 is 1.97 bits per heavy atom. The summed E-state index contributed by atoms with van der Waals surface area (Å²) < 4.78 is 4.15. The van der Waals surface area contributed by atoms with Gasteiger partial charge in [-0.1, -0.05) is 90.5 Å². The molecule has 1 aromatic heterocycles. The molecule has 0 fully saturated rings. The first-order chi connectivity index (χ1) is 13.6. The highest BCUT2D eigenvalue weighted by Crippen LogP contribution is 2.30. The van der Waals surface area contributed by atoms with E-state index in [1.807, 2.05) is 81.0 Å². The quantitative estimate of drug-likeness (QED) is 0.339. The van der Waals surface area contributed by atoms with Crippen molar-refractivity contribution in [2.45, 2.75) is 13.5 Å². The summed E-state index contributed by atoms with van der Waals surface area (Å²) in [5.74, 6) is 0.104. The Morgan fingerprint density at radius 1 is 0.828 bits per heavy atom.